The summed E-state index contributed by atoms with van der Waals surface area (Å²) in [6, 6.07) is 12.5. The number of hydrogen-bond acceptors (Lipinski definition) is 5. The van der Waals surface area contributed by atoms with E-state index in [4.69, 9.17) is 0 Å². The van der Waals surface area contributed by atoms with Crippen molar-refractivity contribution in [3.63, 3.8) is 0 Å². The number of anilines is 1. The third kappa shape index (κ3) is 5.00. The summed E-state index contributed by atoms with van der Waals surface area (Å²) in [6.07, 6.45) is 3.54. The molecule has 1 aliphatic rings. The van der Waals surface area contributed by atoms with Crippen molar-refractivity contribution in [3.05, 3.63) is 80.6 Å². The van der Waals surface area contributed by atoms with Gasteiger partial charge < -0.3 is 0 Å². The second-order valence-electron chi connectivity index (χ2n) is 8.50. The quantitative estimate of drug-likeness (QED) is 0.399. The predicted octanol–water partition coefficient (Wildman–Crippen LogP) is 5.49. The highest BCUT2D eigenvalue weighted by molar-refractivity contribution is 9.10. The van der Waals surface area contributed by atoms with E-state index in [-0.39, 0.29) is 28.2 Å². The Balaban J connectivity index is 1.55. The average Bonchev–Trinajstić information content (AvgIpc) is 3.49. The molecular formula is C22H22Br2N4O2S. The lowest BCUT2D eigenvalue weighted by Gasteiger charge is -2.19. The molecule has 3 aromatic rings. The van der Waals surface area contributed by atoms with E-state index in [0.717, 1.165) is 25.8 Å². The molecule has 9 heteroatoms. The number of nitrogens with zero attached hydrogens (tertiary/aromatic N) is 2. The molecule has 1 aliphatic heterocycles. The zero-order valence-corrected chi connectivity index (χ0v) is 21.2. The van der Waals surface area contributed by atoms with Gasteiger partial charge in [-0.3, -0.25) is 15.0 Å². The average molecular weight is 566 g/mol. The molecule has 1 aromatic carbocycles. The van der Waals surface area contributed by atoms with Crippen LogP contribution in [0.3, 0.4) is 0 Å². The molecule has 0 aliphatic carbocycles. The summed E-state index contributed by atoms with van der Waals surface area (Å²) < 4.78 is 30.1. The smallest absolute Gasteiger partial charge is 0.263 e. The zero-order chi connectivity index (χ0) is 22.4. The lowest BCUT2D eigenvalue weighted by Crippen LogP contribution is -2.16. The Kier molecular flexibility index (Phi) is 5.97. The number of benzene rings is 1. The first-order valence-electron chi connectivity index (χ1n) is 9.71. The summed E-state index contributed by atoms with van der Waals surface area (Å²) in [5.74, 6) is 0.276. The van der Waals surface area contributed by atoms with Gasteiger partial charge >= 0.3 is 0 Å². The highest BCUT2D eigenvalue weighted by atomic mass is 79.9. The monoisotopic (exact) mass is 564 g/mol. The number of halogens is 2. The first-order chi connectivity index (χ1) is 14.5. The van der Waals surface area contributed by atoms with E-state index in [1.165, 1.54) is 0 Å². The molecule has 0 bridgehead atoms. The van der Waals surface area contributed by atoms with Gasteiger partial charge in [0.25, 0.3) is 10.0 Å². The number of hydrogen-bond donors (Lipinski definition) is 2. The largest absolute Gasteiger partial charge is 0.298 e. The summed E-state index contributed by atoms with van der Waals surface area (Å²) in [4.78, 5) is 8.98. The van der Waals surface area contributed by atoms with Crippen LogP contribution >= 0.6 is 31.9 Å². The first kappa shape index (κ1) is 22.4. The Hall–Kier alpha value is -1.81. The van der Waals surface area contributed by atoms with Crippen molar-refractivity contribution in [1.29, 1.82) is 0 Å². The van der Waals surface area contributed by atoms with Gasteiger partial charge in [0, 0.05) is 21.3 Å². The minimum atomic E-state index is -3.75. The van der Waals surface area contributed by atoms with Gasteiger partial charge in [-0.2, -0.15) is 0 Å². The van der Waals surface area contributed by atoms with E-state index >= 15 is 0 Å². The van der Waals surface area contributed by atoms with E-state index in [1.807, 2.05) is 24.4 Å². The molecule has 31 heavy (non-hydrogen) atoms. The fourth-order valence-corrected chi connectivity index (χ4v) is 5.18. The molecule has 0 saturated carbocycles. The van der Waals surface area contributed by atoms with E-state index in [2.05, 4.69) is 72.6 Å². The molecule has 0 spiro atoms. The summed E-state index contributed by atoms with van der Waals surface area (Å²) in [7, 11) is -3.75. The van der Waals surface area contributed by atoms with Gasteiger partial charge in [0.15, 0.2) is 0 Å². The van der Waals surface area contributed by atoms with Gasteiger partial charge in [-0.15, -0.1) is 0 Å². The molecule has 0 amide bonds. The maximum absolute atomic E-state index is 12.9. The van der Waals surface area contributed by atoms with Crippen molar-refractivity contribution in [3.8, 4) is 0 Å². The molecule has 1 saturated heterocycles. The van der Waals surface area contributed by atoms with Crippen molar-refractivity contribution >= 4 is 47.7 Å². The first-order valence-corrected chi connectivity index (χ1v) is 12.8. The minimum Gasteiger partial charge on any atom is -0.298 e. The van der Waals surface area contributed by atoms with Crippen LogP contribution in [0.15, 0.2) is 68.7 Å². The second-order valence-corrected chi connectivity index (χ2v) is 12.0. The fraction of sp³-hybridized carbons (Fsp3) is 0.273. The summed E-state index contributed by atoms with van der Waals surface area (Å²) >= 11 is 6.97. The van der Waals surface area contributed by atoms with Crippen LogP contribution in [0, 0.1) is 0 Å². The Morgan fingerprint density at radius 1 is 1.00 bits per heavy atom. The Labute approximate surface area is 199 Å². The maximum Gasteiger partial charge on any atom is 0.263 e. The summed E-state index contributed by atoms with van der Waals surface area (Å²) in [5.41, 5.74) is 2.81. The summed E-state index contributed by atoms with van der Waals surface area (Å²) in [6.45, 7) is 6.27. The maximum atomic E-state index is 12.9. The van der Waals surface area contributed by atoms with Gasteiger partial charge in [0.05, 0.1) is 22.7 Å². The molecule has 162 valence electrons. The van der Waals surface area contributed by atoms with E-state index in [0.29, 0.717) is 0 Å². The molecule has 2 N–H and O–H groups in total. The second kappa shape index (κ2) is 8.27. The molecule has 2 unspecified atom stereocenters. The SMILES string of the molecule is CC(C)(C)c1ccc(S(=O)(=O)Nc2ccc(Br)c(C3NC3c3cncc(Br)c3)n2)cc1. The van der Waals surface area contributed by atoms with Crippen LogP contribution in [0.2, 0.25) is 0 Å². The van der Waals surface area contributed by atoms with Crippen molar-refractivity contribution in [2.75, 3.05) is 4.72 Å². The lowest BCUT2D eigenvalue weighted by atomic mass is 9.87. The van der Waals surface area contributed by atoms with Crippen LogP contribution in [0.5, 0.6) is 0 Å². The molecule has 4 rings (SSSR count). The van der Waals surface area contributed by atoms with Gasteiger partial charge in [-0.1, -0.05) is 32.9 Å². The van der Waals surface area contributed by atoms with E-state index in [1.54, 1.807) is 30.5 Å². The zero-order valence-electron chi connectivity index (χ0n) is 17.2. The van der Waals surface area contributed by atoms with Crippen molar-refractivity contribution < 1.29 is 8.42 Å². The molecular weight excluding hydrogens is 544 g/mol. The third-order valence-corrected chi connectivity index (χ3v) is 7.58. The fourth-order valence-electron chi connectivity index (χ4n) is 3.33. The number of rotatable bonds is 5. The topological polar surface area (TPSA) is 93.9 Å². The predicted molar refractivity (Wildman–Crippen MR) is 128 cm³/mol. The standard InChI is InChI=1S/C22H22Br2N4O2S/c1-22(2,3)14-4-6-16(7-5-14)31(29,30)28-18-9-8-17(24)20(26-18)21-19(27-21)13-10-15(23)12-25-11-13/h4-12,19,21,27H,1-3H3,(H,26,28). The molecule has 2 aromatic heterocycles. The molecule has 6 nitrogen and oxygen atoms in total. The number of nitrogens with one attached hydrogen (secondary N) is 2. The Bertz CT molecular complexity index is 1230. The van der Waals surface area contributed by atoms with Gasteiger partial charge in [-0.05, 0) is 78.7 Å². The van der Waals surface area contributed by atoms with Gasteiger partial charge in [0.1, 0.15) is 5.82 Å². The van der Waals surface area contributed by atoms with Crippen LogP contribution < -0.4 is 10.0 Å². The highest BCUT2D eigenvalue weighted by Crippen LogP contribution is 2.44. The number of aromatic nitrogens is 2. The molecule has 2 atom stereocenters. The van der Waals surface area contributed by atoms with Crippen molar-refractivity contribution in [2.24, 2.45) is 0 Å². The molecule has 0 radical (unpaired) electrons. The Morgan fingerprint density at radius 2 is 1.71 bits per heavy atom. The van der Waals surface area contributed by atoms with Gasteiger partial charge in [-0.25, -0.2) is 13.4 Å². The lowest BCUT2D eigenvalue weighted by molar-refractivity contribution is 0.587. The van der Waals surface area contributed by atoms with Crippen molar-refractivity contribution in [1.82, 2.24) is 15.3 Å². The normalized spacial score (nSPS) is 18.6. The summed E-state index contributed by atoms with van der Waals surface area (Å²) in [5, 5.41) is 3.38. The number of pyridine rings is 2. The number of sulfonamides is 1. The Morgan fingerprint density at radius 3 is 2.35 bits per heavy atom. The van der Waals surface area contributed by atoms with Crippen LogP contribution in [0.4, 0.5) is 5.82 Å². The third-order valence-electron chi connectivity index (χ3n) is 5.11. The van der Waals surface area contributed by atoms with Gasteiger partial charge in [0.2, 0.25) is 0 Å². The van der Waals surface area contributed by atoms with E-state index < -0.39 is 10.0 Å². The van der Waals surface area contributed by atoms with Crippen LogP contribution in [0.25, 0.3) is 0 Å². The van der Waals surface area contributed by atoms with Crippen LogP contribution in [-0.2, 0) is 15.4 Å². The van der Waals surface area contributed by atoms with Crippen molar-refractivity contribution in [2.45, 2.75) is 43.2 Å². The van der Waals surface area contributed by atoms with Crippen LogP contribution in [-0.4, -0.2) is 18.4 Å². The molecule has 3 heterocycles. The minimum absolute atomic E-state index is 0.0269. The van der Waals surface area contributed by atoms with Crippen LogP contribution in [0.1, 0.15) is 49.7 Å². The molecule has 1 fully saturated rings. The van der Waals surface area contributed by atoms with E-state index in [9.17, 15) is 8.42 Å². The highest BCUT2D eigenvalue weighted by Gasteiger charge is 2.41.